The molecule has 0 spiro atoms. The first-order chi connectivity index (χ1) is 22.5. The van der Waals surface area contributed by atoms with Gasteiger partial charge in [0, 0.05) is 41.2 Å². The number of hydrogen-bond donors (Lipinski definition) is 2. The van der Waals surface area contributed by atoms with Gasteiger partial charge in [0.1, 0.15) is 17.0 Å². The van der Waals surface area contributed by atoms with Crippen molar-refractivity contribution in [2.75, 3.05) is 12.4 Å². The molecule has 2 fully saturated rings. The number of esters is 1. The molecule has 2 aromatic heterocycles. The Labute approximate surface area is 268 Å². The maximum absolute atomic E-state index is 13.9. The molecule has 238 valence electrons. The van der Waals surface area contributed by atoms with E-state index in [4.69, 9.17) is 4.42 Å². The summed E-state index contributed by atoms with van der Waals surface area (Å²) in [6.07, 6.45) is 15.3. The van der Waals surface area contributed by atoms with E-state index in [0.29, 0.717) is 30.0 Å². The van der Waals surface area contributed by atoms with Crippen molar-refractivity contribution in [1.29, 1.82) is 0 Å². The van der Waals surface area contributed by atoms with Crippen LogP contribution in [-0.2, 0) is 27.3 Å². The minimum atomic E-state index is -0.992. The van der Waals surface area contributed by atoms with Crippen LogP contribution in [0.2, 0.25) is 0 Å². The zero-order valence-corrected chi connectivity index (χ0v) is 26.3. The highest BCUT2D eigenvalue weighted by Crippen LogP contribution is 2.46. The maximum atomic E-state index is 13.9. The molecule has 0 bridgehead atoms. The Hall–Kier alpha value is -4.66. The highest BCUT2D eigenvalue weighted by molar-refractivity contribution is 6.06. The summed E-state index contributed by atoms with van der Waals surface area (Å²) in [7, 11) is 1.33. The van der Waals surface area contributed by atoms with Gasteiger partial charge in [-0.25, -0.2) is 9.78 Å². The number of aromatic nitrogens is 2. The Balaban J connectivity index is 1.16. The van der Waals surface area contributed by atoms with Crippen molar-refractivity contribution in [3.05, 3.63) is 77.4 Å². The van der Waals surface area contributed by atoms with Gasteiger partial charge in [-0.05, 0) is 79.5 Å². The first kappa shape index (κ1) is 30.0. The van der Waals surface area contributed by atoms with E-state index < -0.39 is 11.5 Å². The average Bonchev–Trinajstić information content (AvgIpc) is 3.80. The van der Waals surface area contributed by atoms with Gasteiger partial charge in [0.15, 0.2) is 6.39 Å². The summed E-state index contributed by atoms with van der Waals surface area (Å²) in [6.45, 7) is 0.832. The molecule has 0 unspecified atom stereocenters. The zero-order valence-electron chi connectivity index (χ0n) is 26.3. The highest BCUT2D eigenvalue weighted by Gasteiger charge is 2.43. The van der Waals surface area contributed by atoms with Gasteiger partial charge in [-0.1, -0.05) is 50.3 Å². The molecule has 2 amide bonds. The van der Waals surface area contributed by atoms with Crippen LogP contribution in [0.15, 0.2) is 59.4 Å². The lowest BCUT2D eigenvalue weighted by molar-refractivity contribution is -0.134. The van der Waals surface area contributed by atoms with Gasteiger partial charge in [-0.15, -0.1) is 0 Å². The number of ether oxygens (including phenoxy) is 1. The molecule has 3 heterocycles. The van der Waals surface area contributed by atoms with Crippen molar-refractivity contribution < 1.29 is 23.5 Å². The molecular formula is C37H40N4O5. The molecule has 2 aromatic carbocycles. The van der Waals surface area contributed by atoms with Gasteiger partial charge >= 0.3 is 5.97 Å². The van der Waals surface area contributed by atoms with Crippen molar-refractivity contribution in [3.63, 3.8) is 0 Å². The Morgan fingerprint density at radius 3 is 2.54 bits per heavy atom. The Kier molecular flexibility index (Phi) is 8.23. The number of amides is 2. The summed E-state index contributed by atoms with van der Waals surface area (Å²) in [5.74, 6) is 0.507. The third-order valence-corrected chi connectivity index (χ3v) is 10.1. The molecule has 9 nitrogen and oxygen atoms in total. The SMILES string of the molecule is COC(=O)C=Cc1ccc(NC(=O)C2(NC(=O)c3ccc4c(C5CCCCC5)c5n(c4c3)CCCc3ocnc3-5)CCCC2)cc1. The minimum absolute atomic E-state index is 0.216. The predicted molar refractivity (Wildman–Crippen MR) is 176 cm³/mol. The minimum Gasteiger partial charge on any atom is -0.466 e. The molecule has 7 rings (SSSR count). The fourth-order valence-electron chi connectivity index (χ4n) is 7.69. The summed E-state index contributed by atoms with van der Waals surface area (Å²) in [4.78, 5) is 43.8. The molecule has 46 heavy (non-hydrogen) atoms. The smallest absolute Gasteiger partial charge is 0.330 e. The molecule has 0 saturated heterocycles. The van der Waals surface area contributed by atoms with Crippen LogP contribution >= 0.6 is 0 Å². The summed E-state index contributed by atoms with van der Waals surface area (Å²) >= 11 is 0. The number of hydrogen-bond acceptors (Lipinski definition) is 6. The van der Waals surface area contributed by atoms with E-state index in [9.17, 15) is 14.4 Å². The van der Waals surface area contributed by atoms with Crippen molar-refractivity contribution in [1.82, 2.24) is 14.9 Å². The Morgan fingerprint density at radius 2 is 1.78 bits per heavy atom. The molecular weight excluding hydrogens is 580 g/mol. The van der Waals surface area contributed by atoms with Crippen molar-refractivity contribution in [3.8, 4) is 11.4 Å². The number of fused-ring (bicyclic) bond motifs is 5. The second-order valence-electron chi connectivity index (χ2n) is 12.9. The van der Waals surface area contributed by atoms with Crippen molar-refractivity contribution >= 4 is 40.4 Å². The van der Waals surface area contributed by atoms with E-state index in [2.05, 4.69) is 31.0 Å². The van der Waals surface area contributed by atoms with E-state index >= 15 is 0 Å². The van der Waals surface area contributed by atoms with Gasteiger partial charge in [-0.2, -0.15) is 0 Å². The number of nitrogens with zero attached hydrogens (tertiary/aromatic N) is 2. The topological polar surface area (TPSA) is 115 Å². The number of carbonyl (C=O) groups is 3. The van der Waals surface area contributed by atoms with Crippen LogP contribution in [0.5, 0.6) is 0 Å². The quantitative estimate of drug-likeness (QED) is 0.167. The molecule has 1 aliphatic heterocycles. The van der Waals surface area contributed by atoms with Gasteiger partial charge in [0.2, 0.25) is 5.91 Å². The Bertz CT molecular complexity index is 1800. The number of oxazole rings is 1. The summed E-state index contributed by atoms with van der Waals surface area (Å²) in [5.41, 5.74) is 5.47. The highest BCUT2D eigenvalue weighted by atomic mass is 16.5. The summed E-state index contributed by atoms with van der Waals surface area (Å²) in [5, 5.41) is 7.37. The molecule has 9 heteroatoms. The normalized spacial score (nSPS) is 17.8. The lowest BCUT2D eigenvalue weighted by Crippen LogP contribution is -2.55. The predicted octanol–water partition coefficient (Wildman–Crippen LogP) is 7.16. The van der Waals surface area contributed by atoms with Crippen LogP contribution < -0.4 is 10.6 Å². The first-order valence-corrected chi connectivity index (χ1v) is 16.5. The van der Waals surface area contributed by atoms with E-state index in [1.165, 1.54) is 43.4 Å². The summed E-state index contributed by atoms with van der Waals surface area (Å²) < 4.78 is 12.8. The van der Waals surface area contributed by atoms with E-state index in [1.807, 2.05) is 24.3 Å². The van der Waals surface area contributed by atoms with E-state index in [-0.39, 0.29) is 11.8 Å². The maximum Gasteiger partial charge on any atom is 0.330 e. The molecule has 2 aliphatic carbocycles. The number of carbonyl (C=O) groups excluding carboxylic acids is 3. The standard InChI is InChI=1S/C37H40N4O5/c1-45-31(42)18-13-24-11-15-27(16-12-24)39-36(44)37(19-5-6-20-37)40-35(43)26-14-17-28-29(22-26)41-21-7-10-30-33(38-23-46-30)34(41)32(28)25-8-3-2-4-9-25/h11-18,22-23,25H,2-10,19-21H2,1H3,(H,39,44)(H,40,43). The van der Waals surface area contributed by atoms with Crippen molar-refractivity contribution in [2.24, 2.45) is 0 Å². The van der Waals surface area contributed by atoms with Crippen molar-refractivity contribution in [2.45, 2.75) is 88.6 Å². The van der Waals surface area contributed by atoms with E-state index in [1.54, 1.807) is 24.6 Å². The second-order valence-corrected chi connectivity index (χ2v) is 12.9. The van der Waals surface area contributed by atoms with Gasteiger partial charge < -0.3 is 24.4 Å². The number of anilines is 1. The van der Waals surface area contributed by atoms with Gasteiger partial charge in [-0.3, -0.25) is 9.59 Å². The van der Waals surface area contributed by atoms with Crippen LogP contribution in [0, 0.1) is 0 Å². The van der Waals surface area contributed by atoms with Gasteiger partial charge in [0.25, 0.3) is 5.91 Å². The lowest BCUT2D eigenvalue weighted by Gasteiger charge is -2.29. The van der Waals surface area contributed by atoms with Crippen LogP contribution in [0.3, 0.4) is 0 Å². The zero-order chi connectivity index (χ0) is 31.7. The molecule has 0 atom stereocenters. The van der Waals surface area contributed by atoms with Crippen LogP contribution in [0.25, 0.3) is 28.4 Å². The fraction of sp³-hybridized carbons (Fsp3) is 0.405. The van der Waals surface area contributed by atoms with Crippen LogP contribution in [0.4, 0.5) is 5.69 Å². The molecule has 2 N–H and O–H groups in total. The lowest BCUT2D eigenvalue weighted by atomic mass is 9.82. The fourth-order valence-corrected chi connectivity index (χ4v) is 7.69. The first-order valence-electron chi connectivity index (χ1n) is 16.5. The average molecular weight is 621 g/mol. The summed E-state index contributed by atoms with van der Waals surface area (Å²) in [6, 6.07) is 13.2. The second kappa shape index (κ2) is 12.6. The number of aryl methyl sites for hydroxylation is 2. The Morgan fingerprint density at radius 1 is 1.00 bits per heavy atom. The molecule has 0 radical (unpaired) electrons. The monoisotopic (exact) mass is 620 g/mol. The third kappa shape index (κ3) is 5.63. The van der Waals surface area contributed by atoms with Crippen LogP contribution in [0.1, 0.15) is 97.4 Å². The molecule has 2 saturated carbocycles. The number of methoxy groups -OCH3 is 1. The molecule has 4 aromatic rings. The largest absolute Gasteiger partial charge is 0.466 e. The number of benzene rings is 2. The third-order valence-electron chi connectivity index (χ3n) is 10.1. The van der Waals surface area contributed by atoms with E-state index in [0.717, 1.165) is 73.3 Å². The van der Waals surface area contributed by atoms with Gasteiger partial charge in [0.05, 0.1) is 12.8 Å². The number of rotatable bonds is 7. The van der Waals surface area contributed by atoms with Crippen LogP contribution in [-0.4, -0.2) is 40.0 Å². The molecule has 3 aliphatic rings. The number of nitrogens with one attached hydrogen (secondary N) is 2.